The van der Waals surface area contributed by atoms with Gasteiger partial charge in [0, 0.05) is 22.5 Å². The number of rotatable bonds is 5. The quantitative estimate of drug-likeness (QED) is 0.660. The van der Waals surface area contributed by atoms with E-state index in [1.807, 2.05) is 18.2 Å². The van der Waals surface area contributed by atoms with Crippen LogP contribution in [0, 0.1) is 0 Å². The van der Waals surface area contributed by atoms with Crippen molar-refractivity contribution in [3.8, 4) is 0 Å². The average Bonchev–Trinajstić information content (AvgIpc) is 3.09. The maximum Gasteiger partial charge on any atom is 0.170 e. The van der Waals surface area contributed by atoms with Crippen LogP contribution in [0.3, 0.4) is 0 Å². The summed E-state index contributed by atoms with van der Waals surface area (Å²) in [5.74, 6) is 0. The molecule has 1 heterocycles. The molecule has 0 aliphatic heterocycles. The van der Waals surface area contributed by atoms with Crippen LogP contribution in [-0.2, 0) is 0 Å². The van der Waals surface area contributed by atoms with Gasteiger partial charge in [-0.15, -0.1) is 11.3 Å². The fourth-order valence-electron chi connectivity index (χ4n) is 2.71. The first-order chi connectivity index (χ1) is 11.6. The molecule has 0 aliphatic rings. The van der Waals surface area contributed by atoms with E-state index in [0.29, 0.717) is 11.2 Å². The second kappa shape index (κ2) is 7.75. The number of nitrogens with zero attached hydrogens (tertiary/aromatic N) is 1. The number of benzene rings is 2. The van der Waals surface area contributed by atoms with Gasteiger partial charge >= 0.3 is 0 Å². The predicted octanol–water partition coefficient (Wildman–Crippen LogP) is 4.49. The summed E-state index contributed by atoms with van der Waals surface area (Å²) in [4.78, 5) is 3.54. The lowest BCUT2D eigenvalue weighted by Gasteiger charge is -2.24. The highest BCUT2D eigenvalue weighted by atomic mass is 32.1. The highest BCUT2D eigenvalue weighted by Crippen LogP contribution is 2.24. The van der Waals surface area contributed by atoms with E-state index in [0.717, 1.165) is 12.2 Å². The van der Waals surface area contributed by atoms with Crippen LogP contribution in [0.4, 0.5) is 5.69 Å². The van der Waals surface area contributed by atoms with Crippen molar-refractivity contribution in [3.63, 3.8) is 0 Å². The molecule has 2 N–H and O–H groups in total. The van der Waals surface area contributed by atoms with E-state index in [1.165, 1.54) is 15.6 Å². The second-order valence-electron chi connectivity index (χ2n) is 5.86. The van der Waals surface area contributed by atoms with Gasteiger partial charge in [-0.1, -0.05) is 42.5 Å². The van der Waals surface area contributed by atoms with Gasteiger partial charge in [-0.3, -0.25) is 0 Å². The van der Waals surface area contributed by atoms with Crippen molar-refractivity contribution in [2.45, 2.75) is 6.04 Å². The van der Waals surface area contributed by atoms with Crippen molar-refractivity contribution in [1.82, 2.24) is 10.2 Å². The largest absolute Gasteiger partial charge is 0.360 e. The van der Waals surface area contributed by atoms with Crippen LogP contribution < -0.4 is 10.6 Å². The standard InChI is InChI=1S/C19H21N3S2/c1-22(2)17(18-11-6-12-24-18)13-20-19(23)21-16-10-5-8-14-7-3-4-9-15(14)16/h3-12,17H,13H2,1-2H3,(H2,20,21,23)/t17-/m0/s1. The number of fused-ring (bicyclic) bond motifs is 1. The Morgan fingerprint density at radius 2 is 1.88 bits per heavy atom. The minimum Gasteiger partial charge on any atom is -0.360 e. The van der Waals surface area contributed by atoms with Gasteiger partial charge in [-0.25, -0.2) is 0 Å². The fourth-order valence-corrected chi connectivity index (χ4v) is 3.82. The van der Waals surface area contributed by atoms with Gasteiger partial charge in [-0.05, 0) is 49.2 Å². The van der Waals surface area contributed by atoms with E-state index in [-0.39, 0.29) is 0 Å². The van der Waals surface area contributed by atoms with E-state index < -0.39 is 0 Å². The molecule has 3 rings (SSSR count). The summed E-state index contributed by atoms with van der Waals surface area (Å²) < 4.78 is 0. The molecule has 3 nitrogen and oxygen atoms in total. The first kappa shape index (κ1) is 16.9. The van der Waals surface area contributed by atoms with Gasteiger partial charge in [0.25, 0.3) is 0 Å². The zero-order valence-corrected chi connectivity index (χ0v) is 15.5. The fraction of sp³-hybridized carbons (Fsp3) is 0.211. The van der Waals surface area contributed by atoms with E-state index in [2.05, 4.69) is 71.4 Å². The molecule has 24 heavy (non-hydrogen) atoms. The van der Waals surface area contributed by atoms with E-state index in [9.17, 15) is 0 Å². The van der Waals surface area contributed by atoms with Crippen LogP contribution >= 0.6 is 23.6 Å². The molecule has 1 atom stereocenters. The lowest BCUT2D eigenvalue weighted by atomic mass is 10.1. The van der Waals surface area contributed by atoms with Crippen LogP contribution in [0.5, 0.6) is 0 Å². The number of hydrogen-bond acceptors (Lipinski definition) is 3. The molecule has 0 unspecified atom stereocenters. The summed E-state index contributed by atoms with van der Waals surface area (Å²) in [6, 6.07) is 19.1. The SMILES string of the molecule is CN(C)[C@@H](CNC(=S)Nc1cccc2ccccc12)c1cccs1. The highest BCUT2D eigenvalue weighted by molar-refractivity contribution is 7.80. The van der Waals surface area contributed by atoms with Crippen molar-refractivity contribution in [3.05, 3.63) is 64.9 Å². The van der Waals surface area contributed by atoms with E-state index in [1.54, 1.807) is 11.3 Å². The van der Waals surface area contributed by atoms with Crippen LogP contribution in [0.1, 0.15) is 10.9 Å². The number of thiophene rings is 1. The molecule has 3 aromatic rings. The van der Waals surface area contributed by atoms with Gasteiger partial charge in [0.2, 0.25) is 0 Å². The van der Waals surface area contributed by atoms with Gasteiger partial charge in [0.1, 0.15) is 0 Å². The van der Waals surface area contributed by atoms with Gasteiger partial charge in [0.05, 0.1) is 6.04 Å². The summed E-state index contributed by atoms with van der Waals surface area (Å²) in [6.07, 6.45) is 0. The molecular weight excluding hydrogens is 334 g/mol. The van der Waals surface area contributed by atoms with Gasteiger partial charge in [0.15, 0.2) is 5.11 Å². The molecule has 0 amide bonds. The Hall–Kier alpha value is -1.95. The first-order valence-electron chi connectivity index (χ1n) is 7.87. The predicted molar refractivity (Wildman–Crippen MR) is 109 cm³/mol. The van der Waals surface area contributed by atoms with Crippen LogP contribution in [0.25, 0.3) is 10.8 Å². The van der Waals surface area contributed by atoms with Crippen molar-refractivity contribution >= 4 is 45.1 Å². The molecular formula is C19H21N3S2. The van der Waals surface area contributed by atoms with Crippen molar-refractivity contribution in [1.29, 1.82) is 0 Å². The van der Waals surface area contributed by atoms with Crippen LogP contribution in [0.15, 0.2) is 60.0 Å². The number of anilines is 1. The summed E-state index contributed by atoms with van der Waals surface area (Å²) >= 11 is 7.27. The first-order valence-corrected chi connectivity index (χ1v) is 9.16. The Labute approximate surface area is 152 Å². The molecule has 0 fully saturated rings. The lowest BCUT2D eigenvalue weighted by molar-refractivity contribution is 0.303. The summed E-state index contributed by atoms with van der Waals surface area (Å²) in [5, 5.41) is 11.8. The summed E-state index contributed by atoms with van der Waals surface area (Å²) in [7, 11) is 4.18. The van der Waals surface area contributed by atoms with Gasteiger partial charge in [-0.2, -0.15) is 0 Å². The minimum atomic E-state index is 0.303. The maximum atomic E-state index is 5.50. The smallest absolute Gasteiger partial charge is 0.170 e. The lowest BCUT2D eigenvalue weighted by Crippen LogP contribution is -2.36. The second-order valence-corrected chi connectivity index (χ2v) is 7.24. The topological polar surface area (TPSA) is 27.3 Å². The zero-order valence-electron chi connectivity index (χ0n) is 13.8. The molecule has 2 aromatic carbocycles. The normalized spacial score (nSPS) is 12.3. The van der Waals surface area contributed by atoms with Gasteiger partial charge < -0.3 is 15.5 Å². The number of thiocarbonyl (C=S) groups is 1. The Morgan fingerprint density at radius 1 is 1.08 bits per heavy atom. The van der Waals surface area contributed by atoms with Crippen molar-refractivity contribution in [2.24, 2.45) is 0 Å². The Balaban J connectivity index is 1.67. The van der Waals surface area contributed by atoms with E-state index >= 15 is 0 Å². The molecule has 0 aliphatic carbocycles. The Morgan fingerprint density at radius 3 is 2.62 bits per heavy atom. The molecule has 0 spiro atoms. The highest BCUT2D eigenvalue weighted by Gasteiger charge is 2.15. The third kappa shape index (κ3) is 3.93. The number of nitrogens with one attached hydrogen (secondary N) is 2. The average molecular weight is 356 g/mol. The maximum absolute atomic E-state index is 5.50. The van der Waals surface area contributed by atoms with Crippen molar-refractivity contribution < 1.29 is 0 Å². The molecule has 0 saturated carbocycles. The van der Waals surface area contributed by atoms with E-state index in [4.69, 9.17) is 12.2 Å². The summed E-state index contributed by atoms with van der Waals surface area (Å²) in [6.45, 7) is 0.768. The monoisotopic (exact) mass is 355 g/mol. The summed E-state index contributed by atoms with van der Waals surface area (Å²) in [5.41, 5.74) is 1.03. The molecule has 1 aromatic heterocycles. The molecule has 124 valence electrons. The molecule has 0 radical (unpaired) electrons. The number of likely N-dealkylation sites (N-methyl/N-ethyl adjacent to an activating group) is 1. The zero-order chi connectivity index (χ0) is 16.9. The Bertz CT molecular complexity index is 807. The Kier molecular flexibility index (Phi) is 5.45. The third-order valence-corrected chi connectivity index (χ3v) is 5.21. The molecule has 0 bridgehead atoms. The molecule has 5 heteroatoms. The third-order valence-electron chi connectivity index (χ3n) is 3.99. The van der Waals surface area contributed by atoms with Crippen LogP contribution in [-0.4, -0.2) is 30.7 Å². The number of hydrogen-bond donors (Lipinski definition) is 2. The minimum absolute atomic E-state index is 0.303. The van der Waals surface area contributed by atoms with Crippen LogP contribution in [0.2, 0.25) is 0 Å². The molecule has 0 saturated heterocycles. The van der Waals surface area contributed by atoms with Crippen molar-refractivity contribution in [2.75, 3.05) is 26.0 Å².